The molecular weight excluding hydrogens is 270 g/mol. The van der Waals surface area contributed by atoms with Crippen LogP contribution in [0.2, 0.25) is 0 Å². The molecule has 112 valence electrons. The number of nitrogens with zero attached hydrogens (tertiary/aromatic N) is 1. The zero-order valence-electron chi connectivity index (χ0n) is 12.4. The summed E-state index contributed by atoms with van der Waals surface area (Å²) in [5, 5.41) is 9.10. The average molecular weight is 295 g/mol. The van der Waals surface area contributed by atoms with Gasteiger partial charge in [-0.1, -0.05) is 19.8 Å². The van der Waals surface area contributed by atoms with Crippen LogP contribution in [0.15, 0.2) is 5.38 Å². The number of hydrogen-bond donors (Lipinski definition) is 2. The van der Waals surface area contributed by atoms with Crippen molar-refractivity contribution in [2.24, 2.45) is 5.92 Å². The molecule has 0 saturated heterocycles. The highest BCUT2D eigenvalue weighted by atomic mass is 32.1. The molecule has 1 atom stereocenters. The van der Waals surface area contributed by atoms with E-state index in [1.807, 2.05) is 5.38 Å². The van der Waals surface area contributed by atoms with E-state index in [0.29, 0.717) is 12.3 Å². The van der Waals surface area contributed by atoms with E-state index < -0.39 is 0 Å². The minimum atomic E-state index is 0.118. The number of anilines is 1. The number of hydrogen-bond acceptors (Lipinski definition) is 4. The number of carbonyl (C=O) groups excluding carboxylic acids is 1. The van der Waals surface area contributed by atoms with Gasteiger partial charge in [-0.3, -0.25) is 4.79 Å². The van der Waals surface area contributed by atoms with Crippen molar-refractivity contribution in [3.63, 3.8) is 0 Å². The Balaban J connectivity index is 1.80. The standard InChI is InChI=1S/C15H25N3OS/c1-3-8-16-11(2)13-10-20-15(17-13)18-14(19)9-12-6-4-5-7-12/h10-12,16H,3-9H2,1-2H3,(H,17,18,19). The Morgan fingerprint density at radius 1 is 1.50 bits per heavy atom. The van der Waals surface area contributed by atoms with Crippen LogP contribution in [0, 0.1) is 5.92 Å². The smallest absolute Gasteiger partial charge is 0.226 e. The fraction of sp³-hybridized carbons (Fsp3) is 0.733. The highest BCUT2D eigenvalue weighted by molar-refractivity contribution is 7.13. The summed E-state index contributed by atoms with van der Waals surface area (Å²) < 4.78 is 0. The van der Waals surface area contributed by atoms with Crippen LogP contribution in [0.25, 0.3) is 0 Å². The number of aromatic nitrogens is 1. The molecule has 1 aliphatic carbocycles. The third kappa shape index (κ3) is 4.56. The van der Waals surface area contributed by atoms with Gasteiger partial charge in [-0.05, 0) is 38.6 Å². The second kappa shape index (κ2) is 7.74. The maximum atomic E-state index is 12.0. The first-order valence-electron chi connectivity index (χ1n) is 7.67. The van der Waals surface area contributed by atoms with Crippen molar-refractivity contribution in [1.29, 1.82) is 0 Å². The first-order chi connectivity index (χ1) is 9.69. The lowest BCUT2D eigenvalue weighted by molar-refractivity contribution is -0.117. The van der Waals surface area contributed by atoms with E-state index in [4.69, 9.17) is 0 Å². The van der Waals surface area contributed by atoms with Gasteiger partial charge in [0.25, 0.3) is 0 Å². The molecule has 0 aliphatic heterocycles. The Morgan fingerprint density at radius 3 is 2.95 bits per heavy atom. The molecule has 1 aromatic rings. The Bertz CT molecular complexity index is 427. The van der Waals surface area contributed by atoms with Gasteiger partial charge >= 0.3 is 0 Å². The molecule has 1 fully saturated rings. The minimum Gasteiger partial charge on any atom is -0.309 e. The number of carbonyl (C=O) groups is 1. The van der Waals surface area contributed by atoms with E-state index in [9.17, 15) is 4.79 Å². The molecule has 20 heavy (non-hydrogen) atoms. The quantitative estimate of drug-likeness (QED) is 0.806. The maximum absolute atomic E-state index is 12.0. The second-order valence-corrected chi connectivity index (χ2v) is 6.51. The average Bonchev–Trinajstić information content (AvgIpc) is 3.07. The molecule has 1 saturated carbocycles. The topological polar surface area (TPSA) is 54.0 Å². The second-order valence-electron chi connectivity index (χ2n) is 5.66. The number of thiazole rings is 1. The number of amides is 1. The highest BCUT2D eigenvalue weighted by Gasteiger charge is 2.19. The lowest BCUT2D eigenvalue weighted by atomic mass is 10.0. The lowest BCUT2D eigenvalue weighted by Crippen LogP contribution is -2.20. The van der Waals surface area contributed by atoms with Crippen LogP contribution in [0.4, 0.5) is 5.13 Å². The molecule has 0 aromatic carbocycles. The number of nitrogens with one attached hydrogen (secondary N) is 2. The van der Waals surface area contributed by atoms with Crippen molar-refractivity contribution in [3.05, 3.63) is 11.1 Å². The SMILES string of the molecule is CCCNC(C)c1csc(NC(=O)CC2CCCC2)n1. The van der Waals surface area contributed by atoms with Gasteiger partial charge in [-0.15, -0.1) is 11.3 Å². The van der Waals surface area contributed by atoms with Gasteiger partial charge in [0.1, 0.15) is 0 Å². The highest BCUT2D eigenvalue weighted by Crippen LogP contribution is 2.28. The van der Waals surface area contributed by atoms with E-state index in [-0.39, 0.29) is 11.9 Å². The van der Waals surface area contributed by atoms with E-state index >= 15 is 0 Å². The van der Waals surface area contributed by atoms with E-state index in [0.717, 1.165) is 23.8 Å². The van der Waals surface area contributed by atoms with Crippen LogP contribution in [0.1, 0.15) is 64.1 Å². The first-order valence-corrected chi connectivity index (χ1v) is 8.55. The monoisotopic (exact) mass is 295 g/mol. The molecule has 1 heterocycles. The van der Waals surface area contributed by atoms with E-state index in [1.54, 1.807) is 0 Å². The minimum absolute atomic E-state index is 0.118. The maximum Gasteiger partial charge on any atom is 0.226 e. The van der Waals surface area contributed by atoms with Crippen LogP contribution in [0.3, 0.4) is 0 Å². The molecule has 0 spiro atoms. The summed E-state index contributed by atoms with van der Waals surface area (Å²) in [6.45, 7) is 5.24. The van der Waals surface area contributed by atoms with Crippen LogP contribution in [0.5, 0.6) is 0 Å². The van der Waals surface area contributed by atoms with Crippen molar-refractivity contribution in [2.75, 3.05) is 11.9 Å². The zero-order valence-corrected chi connectivity index (χ0v) is 13.3. The van der Waals surface area contributed by atoms with Crippen molar-refractivity contribution < 1.29 is 4.79 Å². The summed E-state index contributed by atoms with van der Waals surface area (Å²) in [6.07, 6.45) is 6.72. The summed E-state index contributed by atoms with van der Waals surface area (Å²) in [5.74, 6) is 0.701. The molecule has 2 N–H and O–H groups in total. The van der Waals surface area contributed by atoms with Crippen LogP contribution in [-0.2, 0) is 4.79 Å². The van der Waals surface area contributed by atoms with Gasteiger partial charge in [0.2, 0.25) is 5.91 Å². The molecule has 1 aliphatic rings. The van der Waals surface area contributed by atoms with Gasteiger partial charge in [0.05, 0.1) is 5.69 Å². The van der Waals surface area contributed by atoms with Crippen molar-refractivity contribution in [1.82, 2.24) is 10.3 Å². The molecule has 1 amide bonds. The Labute approximate surface area is 125 Å². The van der Waals surface area contributed by atoms with Crippen LogP contribution < -0.4 is 10.6 Å². The van der Waals surface area contributed by atoms with Crippen molar-refractivity contribution in [3.8, 4) is 0 Å². The van der Waals surface area contributed by atoms with Gasteiger partial charge in [0.15, 0.2) is 5.13 Å². The van der Waals surface area contributed by atoms with Gasteiger partial charge in [-0.25, -0.2) is 4.98 Å². The molecule has 0 radical (unpaired) electrons. The van der Waals surface area contributed by atoms with Crippen molar-refractivity contribution in [2.45, 2.75) is 58.4 Å². The molecule has 1 aromatic heterocycles. The van der Waals surface area contributed by atoms with Crippen molar-refractivity contribution >= 4 is 22.4 Å². The summed E-state index contributed by atoms with van der Waals surface area (Å²) in [7, 11) is 0. The van der Waals surface area contributed by atoms with Crippen LogP contribution >= 0.6 is 11.3 Å². The van der Waals surface area contributed by atoms with Gasteiger partial charge in [0, 0.05) is 17.8 Å². The molecule has 0 bridgehead atoms. The van der Waals surface area contributed by atoms with Gasteiger partial charge in [-0.2, -0.15) is 0 Å². The third-order valence-electron chi connectivity index (χ3n) is 3.86. The number of rotatable bonds is 7. The fourth-order valence-corrected chi connectivity index (χ4v) is 3.47. The predicted molar refractivity (Wildman–Crippen MR) is 84.0 cm³/mol. The molecule has 1 unspecified atom stereocenters. The summed E-state index contributed by atoms with van der Waals surface area (Å²) in [6, 6.07) is 0.242. The Kier molecular flexibility index (Phi) is 5.98. The Hall–Kier alpha value is -0.940. The lowest BCUT2D eigenvalue weighted by Gasteiger charge is -2.10. The molecular formula is C15H25N3OS. The summed E-state index contributed by atoms with van der Waals surface area (Å²) >= 11 is 1.51. The molecule has 5 heteroatoms. The van der Waals surface area contributed by atoms with E-state index in [2.05, 4.69) is 29.5 Å². The Morgan fingerprint density at radius 2 is 2.25 bits per heavy atom. The normalized spacial score (nSPS) is 17.3. The molecule has 2 rings (SSSR count). The third-order valence-corrected chi connectivity index (χ3v) is 4.64. The summed E-state index contributed by atoms with van der Waals surface area (Å²) in [4.78, 5) is 16.5. The molecule has 4 nitrogen and oxygen atoms in total. The summed E-state index contributed by atoms with van der Waals surface area (Å²) in [5.41, 5.74) is 1.01. The predicted octanol–water partition coefficient (Wildman–Crippen LogP) is 3.72. The van der Waals surface area contributed by atoms with E-state index in [1.165, 1.54) is 37.0 Å². The van der Waals surface area contributed by atoms with Crippen LogP contribution in [-0.4, -0.2) is 17.4 Å². The first kappa shape index (κ1) is 15.4. The zero-order chi connectivity index (χ0) is 14.4. The largest absolute Gasteiger partial charge is 0.309 e. The van der Waals surface area contributed by atoms with Gasteiger partial charge < -0.3 is 10.6 Å². The fourth-order valence-electron chi connectivity index (χ4n) is 2.65.